The number of nitrogen functional groups attached to an aromatic ring is 1. The van der Waals surface area contributed by atoms with Gasteiger partial charge in [-0.3, -0.25) is 13.9 Å². The zero-order valence-corrected chi connectivity index (χ0v) is 22.9. The van der Waals surface area contributed by atoms with Gasteiger partial charge in [0.05, 0.1) is 19.0 Å². The van der Waals surface area contributed by atoms with Gasteiger partial charge in [-0.1, -0.05) is 18.2 Å². The third-order valence-corrected chi connectivity index (χ3v) is 7.39. The number of benzene rings is 1. The van der Waals surface area contributed by atoms with Gasteiger partial charge in [0, 0.05) is 7.05 Å². The average Bonchev–Trinajstić information content (AvgIpc) is 3.40. The highest BCUT2D eigenvalue weighted by molar-refractivity contribution is 7.52. The van der Waals surface area contributed by atoms with Crippen LogP contribution in [0, 0.1) is 0 Å². The second-order valence-corrected chi connectivity index (χ2v) is 10.9. The van der Waals surface area contributed by atoms with Gasteiger partial charge < -0.3 is 30.2 Å². The van der Waals surface area contributed by atoms with Gasteiger partial charge >= 0.3 is 19.6 Å². The number of para-hydroxylation sites is 1. The minimum atomic E-state index is -4.40. The molecule has 0 radical (unpaired) electrons. The smallest absolute Gasteiger partial charge is 0.459 e. The number of hydrogen-bond donors (Lipinski definition) is 4. The Hall–Kier alpha value is -3.43. The molecule has 1 fully saturated rings. The highest BCUT2D eigenvalue weighted by atomic mass is 31.2. The van der Waals surface area contributed by atoms with E-state index in [0.717, 1.165) is 10.9 Å². The van der Waals surface area contributed by atoms with Crippen molar-refractivity contribution in [3.05, 3.63) is 36.7 Å². The lowest BCUT2D eigenvalue weighted by Gasteiger charge is -2.25. The summed E-state index contributed by atoms with van der Waals surface area (Å²) in [7, 11) is -2.86. The molecule has 0 spiro atoms. The Morgan fingerprint density at radius 3 is 2.62 bits per heavy atom. The molecule has 17 heteroatoms. The number of rotatable bonds is 11. The average molecular weight is 586 g/mol. The molecule has 0 aliphatic carbocycles. The third-order valence-electron chi connectivity index (χ3n) is 5.74. The highest BCUT2D eigenvalue weighted by Gasteiger charge is 2.60. The number of alkyl halides is 2. The van der Waals surface area contributed by atoms with Crippen LogP contribution in [0.25, 0.3) is 11.2 Å². The third kappa shape index (κ3) is 6.15. The maximum Gasteiger partial charge on any atom is 0.459 e. The summed E-state index contributed by atoms with van der Waals surface area (Å²) in [6.45, 7) is 3.85. The first kappa shape index (κ1) is 29.6. The van der Waals surface area contributed by atoms with Crippen molar-refractivity contribution in [2.45, 2.75) is 57.3 Å². The van der Waals surface area contributed by atoms with Crippen LogP contribution in [-0.4, -0.2) is 74.5 Å². The Bertz CT molecular complexity index is 1390. The Balaban J connectivity index is 1.56. The van der Waals surface area contributed by atoms with Gasteiger partial charge in [-0.05, 0) is 32.9 Å². The molecule has 1 aromatic carbocycles. The number of fused-ring (bicyclic) bond motifs is 1. The first-order valence-electron chi connectivity index (χ1n) is 12.2. The topological polar surface area (TPSA) is 185 Å². The molecule has 40 heavy (non-hydrogen) atoms. The summed E-state index contributed by atoms with van der Waals surface area (Å²) in [5, 5.41) is 15.7. The molecular formula is C23H30F2N7O7P. The maximum atomic E-state index is 15.3. The second kappa shape index (κ2) is 11.6. The van der Waals surface area contributed by atoms with Crippen molar-refractivity contribution in [2.24, 2.45) is 0 Å². The van der Waals surface area contributed by atoms with Crippen LogP contribution in [0.1, 0.15) is 27.0 Å². The molecule has 0 saturated carbocycles. The Morgan fingerprint density at radius 2 is 1.98 bits per heavy atom. The van der Waals surface area contributed by atoms with Crippen LogP contribution in [0.2, 0.25) is 0 Å². The van der Waals surface area contributed by atoms with Crippen LogP contribution < -0.4 is 20.7 Å². The van der Waals surface area contributed by atoms with Gasteiger partial charge in [-0.25, -0.2) is 9.55 Å². The Kier molecular flexibility index (Phi) is 8.56. The van der Waals surface area contributed by atoms with Crippen LogP contribution in [-0.2, 0) is 23.4 Å². The number of aliphatic hydroxyl groups is 1. The minimum Gasteiger partial charge on any atom is -0.462 e. The van der Waals surface area contributed by atoms with Gasteiger partial charge in [0.15, 0.2) is 23.1 Å². The van der Waals surface area contributed by atoms with E-state index in [1.165, 1.54) is 19.1 Å². The summed E-state index contributed by atoms with van der Waals surface area (Å²) in [5.41, 5.74) is 5.80. The zero-order valence-electron chi connectivity index (χ0n) is 22.0. The first-order valence-corrected chi connectivity index (χ1v) is 13.8. The predicted octanol–water partition coefficient (Wildman–Crippen LogP) is 2.48. The number of aromatic nitrogens is 4. The number of ether oxygens (including phenoxy) is 2. The number of hydrogen-bond acceptors (Lipinski definition) is 12. The second-order valence-electron chi connectivity index (χ2n) is 9.18. The molecule has 218 valence electrons. The van der Waals surface area contributed by atoms with Crippen LogP contribution in [0.15, 0.2) is 36.7 Å². The van der Waals surface area contributed by atoms with Gasteiger partial charge in [0.25, 0.3) is 0 Å². The summed E-state index contributed by atoms with van der Waals surface area (Å²) < 4.78 is 66.7. The van der Waals surface area contributed by atoms with Crippen LogP contribution in [0.4, 0.5) is 20.5 Å². The molecule has 5 N–H and O–H groups in total. The number of esters is 1. The number of carbonyl (C=O) groups excluding carboxylic acids is 1. The predicted molar refractivity (Wildman–Crippen MR) is 139 cm³/mol. The molecule has 14 nitrogen and oxygen atoms in total. The maximum absolute atomic E-state index is 15.3. The van der Waals surface area contributed by atoms with E-state index in [-0.39, 0.29) is 28.7 Å². The highest BCUT2D eigenvalue weighted by Crippen LogP contribution is 2.48. The van der Waals surface area contributed by atoms with E-state index in [4.69, 9.17) is 24.3 Å². The number of imidazole rings is 1. The molecule has 5 atom stereocenters. The number of nitrogens with two attached hydrogens (primary N) is 1. The molecule has 2 aromatic heterocycles. The largest absolute Gasteiger partial charge is 0.462 e. The van der Waals surface area contributed by atoms with Crippen molar-refractivity contribution in [3.8, 4) is 5.75 Å². The van der Waals surface area contributed by atoms with E-state index >= 15 is 8.78 Å². The van der Waals surface area contributed by atoms with Gasteiger partial charge in [0.1, 0.15) is 17.9 Å². The molecule has 1 unspecified atom stereocenters. The SMILES string of the molecule is CNc1nc(N)nc2c1ncn2[C@@H]1OC(CO[P@](=O)(N[C@H](C)C(=O)OC(C)C)Oc2ccccc2)[C@@H](O)C1(F)F. The quantitative estimate of drug-likeness (QED) is 0.190. The summed E-state index contributed by atoms with van der Waals surface area (Å²) in [6, 6.07) is 6.71. The number of nitrogens with one attached hydrogen (secondary N) is 2. The Morgan fingerprint density at radius 1 is 1.27 bits per heavy atom. The minimum absolute atomic E-state index is 0.0625. The lowest BCUT2D eigenvalue weighted by atomic mass is 10.1. The van der Waals surface area contributed by atoms with E-state index in [2.05, 4.69) is 25.4 Å². The number of aliphatic hydroxyl groups excluding tert-OH is 1. The molecular weight excluding hydrogens is 555 g/mol. The fourth-order valence-electron chi connectivity index (χ4n) is 3.89. The van der Waals surface area contributed by atoms with Crippen molar-refractivity contribution >= 4 is 36.6 Å². The number of anilines is 2. The summed E-state index contributed by atoms with van der Waals surface area (Å²) in [5.74, 6) is -4.48. The monoisotopic (exact) mass is 585 g/mol. The van der Waals surface area contributed by atoms with Crippen LogP contribution in [0.3, 0.4) is 0 Å². The molecule has 1 saturated heterocycles. The fourth-order valence-corrected chi connectivity index (χ4v) is 5.39. The lowest BCUT2D eigenvalue weighted by molar-refractivity contribution is -0.149. The number of halogens is 2. The van der Waals surface area contributed by atoms with Gasteiger partial charge in [-0.15, -0.1) is 0 Å². The van der Waals surface area contributed by atoms with Crippen molar-refractivity contribution < 1.29 is 41.8 Å². The van der Waals surface area contributed by atoms with Crippen LogP contribution in [0.5, 0.6) is 5.75 Å². The normalized spacial score (nSPS) is 22.6. The number of carbonyl (C=O) groups is 1. The van der Waals surface area contributed by atoms with Gasteiger partial charge in [0.2, 0.25) is 12.2 Å². The van der Waals surface area contributed by atoms with E-state index < -0.39 is 56.8 Å². The van der Waals surface area contributed by atoms with Crippen LogP contribution >= 0.6 is 7.75 Å². The van der Waals surface area contributed by atoms with E-state index in [0.29, 0.717) is 0 Å². The van der Waals surface area contributed by atoms with Crippen molar-refractivity contribution in [3.63, 3.8) is 0 Å². The fraction of sp³-hybridized carbons (Fsp3) is 0.478. The summed E-state index contributed by atoms with van der Waals surface area (Å²) in [4.78, 5) is 24.3. The molecule has 0 amide bonds. The first-order chi connectivity index (χ1) is 18.8. The summed E-state index contributed by atoms with van der Waals surface area (Å²) in [6.07, 6.45) is -5.51. The Labute approximate surface area is 227 Å². The zero-order chi connectivity index (χ0) is 29.2. The van der Waals surface area contributed by atoms with E-state index in [9.17, 15) is 14.5 Å². The van der Waals surface area contributed by atoms with Crippen molar-refractivity contribution in [1.29, 1.82) is 0 Å². The standard InChI is InChI=1S/C23H30F2N7O7P/c1-12(2)37-20(34)13(3)31-40(35,39-14-8-6-5-7-9-14)36-10-15-17(33)23(24,25)21(38-15)32-11-28-16-18(27-4)29-22(26)30-19(16)32/h5-9,11-13,15,17,21,33H,10H2,1-4H3,(H,31,35)(H3,26,27,29,30)/t13-,15?,17-,21-,40-/m1/s1. The number of nitrogens with zero attached hydrogens (tertiary/aromatic N) is 4. The molecule has 0 bridgehead atoms. The molecule has 1 aliphatic heterocycles. The molecule has 3 heterocycles. The summed E-state index contributed by atoms with van der Waals surface area (Å²) >= 11 is 0. The van der Waals surface area contributed by atoms with Crippen molar-refractivity contribution in [1.82, 2.24) is 24.6 Å². The molecule has 3 aromatic rings. The van der Waals surface area contributed by atoms with E-state index in [1.807, 2.05) is 0 Å². The van der Waals surface area contributed by atoms with Crippen molar-refractivity contribution in [2.75, 3.05) is 24.7 Å². The molecule has 4 rings (SSSR count). The molecule has 1 aliphatic rings. The van der Waals surface area contributed by atoms with E-state index in [1.54, 1.807) is 39.1 Å². The van der Waals surface area contributed by atoms with Gasteiger partial charge in [-0.2, -0.15) is 23.8 Å². The lowest BCUT2D eigenvalue weighted by Crippen LogP contribution is -2.40.